The van der Waals surface area contributed by atoms with Gasteiger partial charge in [-0.15, -0.1) is 0 Å². The molecule has 2 heterocycles. The van der Waals surface area contributed by atoms with Gasteiger partial charge in [-0.1, -0.05) is 30.3 Å². The summed E-state index contributed by atoms with van der Waals surface area (Å²) in [5, 5.41) is 7.21. The van der Waals surface area contributed by atoms with Gasteiger partial charge in [0.15, 0.2) is 0 Å². The summed E-state index contributed by atoms with van der Waals surface area (Å²) in [5.41, 5.74) is 3.06. The number of ether oxygens (including phenoxy) is 1. The van der Waals surface area contributed by atoms with Crippen molar-refractivity contribution < 1.29 is 9.53 Å². The van der Waals surface area contributed by atoms with Crippen LogP contribution in [-0.2, 0) is 11.2 Å². The summed E-state index contributed by atoms with van der Waals surface area (Å²) in [6, 6.07) is 15.7. The van der Waals surface area contributed by atoms with Gasteiger partial charge in [0.05, 0.1) is 17.6 Å². The van der Waals surface area contributed by atoms with Crippen molar-refractivity contribution in [3.63, 3.8) is 0 Å². The lowest BCUT2D eigenvalue weighted by Gasteiger charge is -2.26. The molecule has 2 atom stereocenters. The Bertz CT molecular complexity index is 890. The lowest BCUT2D eigenvalue weighted by molar-refractivity contribution is -0.126. The van der Waals surface area contributed by atoms with Crippen LogP contribution in [0.5, 0.6) is 5.75 Å². The van der Waals surface area contributed by atoms with Crippen molar-refractivity contribution in [2.24, 2.45) is 5.92 Å². The van der Waals surface area contributed by atoms with Crippen LogP contribution in [0.1, 0.15) is 24.1 Å². The number of para-hydroxylation sites is 1. The molecular formula is C20H20N4O2. The minimum Gasteiger partial charge on any atom is -0.492 e. The quantitative estimate of drug-likeness (QED) is 0.787. The highest BCUT2D eigenvalue weighted by molar-refractivity contribution is 5.80. The van der Waals surface area contributed by atoms with E-state index in [1.807, 2.05) is 55.5 Å². The molecule has 26 heavy (non-hydrogen) atoms. The van der Waals surface area contributed by atoms with Gasteiger partial charge >= 0.3 is 0 Å². The summed E-state index contributed by atoms with van der Waals surface area (Å²) >= 11 is 0. The second-order valence-electron chi connectivity index (χ2n) is 6.48. The lowest BCUT2D eigenvalue weighted by Crippen LogP contribution is -2.38. The monoisotopic (exact) mass is 348 g/mol. The van der Waals surface area contributed by atoms with Crippen LogP contribution in [0.2, 0.25) is 0 Å². The Morgan fingerprint density at radius 2 is 2.04 bits per heavy atom. The number of nitrogens with one attached hydrogen (secondary N) is 1. The predicted molar refractivity (Wildman–Crippen MR) is 97.0 cm³/mol. The Morgan fingerprint density at radius 1 is 1.23 bits per heavy atom. The maximum absolute atomic E-state index is 12.6. The van der Waals surface area contributed by atoms with Crippen molar-refractivity contribution in [3.8, 4) is 11.4 Å². The van der Waals surface area contributed by atoms with Gasteiger partial charge in [-0.2, -0.15) is 5.10 Å². The first-order valence-corrected chi connectivity index (χ1v) is 8.67. The summed E-state index contributed by atoms with van der Waals surface area (Å²) < 4.78 is 7.42. The molecular weight excluding hydrogens is 328 g/mol. The molecule has 2 unspecified atom stereocenters. The van der Waals surface area contributed by atoms with Gasteiger partial charge < -0.3 is 10.1 Å². The van der Waals surface area contributed by atoms with Crippen molar-refractivity contribution in [1.82, 2.24) is 20.1 Å². The minimum absolute atomic E-state index is 0.0207. The molecule has 0 bridgehead atoms. The van der Waals surface area contributed by atoms with Crippen molar-refractivity contribution in [2.75, 3.05) is 6.61 Å². The summed E-state index contributed by atoms with van der Waals surface area (Å²) in [4.78, 5) is 16.6. The highest BCUT2D eigenvalue weighted by atomic mass is 16.5. The molecule has 1 amide bonds. The molecule has 1 aliphatic rings. The van der Waals surface area contributed by atoms with E-state index in [1.165, 1.54) is 6.33 Å². The molecule has 132 valence electrons. The molecule has 0 aliphatic carbocycles. The molecule has 0 saturated heterocycles. The lowest BCUT2D eigenvalue weighted by atomic mass is 9.95. The number of benzene rings is 2. The van der Waals surface area contributed by atoms with Crippen LogP contribution in [0.15, 0.2) is 61.2 Å². The van der Waals surface area contributed by atoms with Crippen LogP contribution in [0.4, 0.5) is 0 Å². The van der Waals surface area contributed by atoms with Gasteiger partial charge in [-0.05, 0) is 42.7 Å². The topological polar surface area (TPSA) is 69.0 Å². The normalized spacial score (nSPS) is 17.0. The minimum atomic E-state index is -0.165. The maximum Gasteiger partial charge on any atom is 0.227 e. The van der Waals surface area contributed by atoms with Gasteiger partial charge in [0, 0.05) is 0 Å². The Hall–Kier alpha value is -3.15. The Labute approximate surface area is 151 Å². The first-order chi connectivity index (χ1) is 12.7. The molecule has 3 aromatic rings. The molecule has 1 N–H and O–H groups in total. The molecule has 0 saturated carbocycles. The molecule has 1 aromatic heterocycles. The number of aromatic nitrogens is 3. The van der Waals surface area contributed by atoms with Gasteiger partial charge in [0.1, 0.15) is 25.0 Å². The third kappa shape index (κ3) is 3.31. The standard InChI is InChI=1S/C20H20N4O2/c1-14(15-6-8-18(9-7-15)24-13-21-12-22-24)23-20(25)17-10-16-4-2-3-5-19(16)26-11-17/h2-9,12-14,17H,10-11H2,1H3,(H,23,25). The first-order valence-electron chi connectivity index (χ1n) is 8.67. The van der Waals surface area contributed by atoms with Crippen molar-refractivity contribution >= 4 is 5.91 Å². The first kappa shape index (κ1) is 16.3. The molecule has 0 fully saturated rings. The average molecular weight is 348 g/mol. The van der Waals surface area contributed by atoms with Crippen LogP contribution < -0.4 is 10.1 Å². The van der Waals surface area contributed by atoms with E-state index in [0.29, 0.717) is 13.0 Å². The Balaban J connectivity index is 1.40. The molecule has 6 heteroatoms. The largest absolute Gasteiger partial charge is 0.492 e. The van der Waals surface area contributed by atoms with Crippen LogP contribution in [0, 0.1) is 5.92 Å². The predicted octanol–water partition coefficient (Wildman–Crippen LogP) is 2.70. The zero-order valence-electron chi connectivity index (χ0n) is 14.5. The number of fused-ring (bicyclic) bond motifs is 1. The summed E-state index contributed by atoms with van der Waals surface area (Å²) in [6.45, 7) is 2.40. The van der Waals surface area contributed by atoms with Crippen molar-refractivity contribution in [1.29, 1.82) is 0 Å². The molecule has 1 aliphatic heterocycles. The van der Waals surface area contributed by atoms with E-state index >= 15 is 0 Å². The van der Waals surface area contributed by atoms with Crippen LogP contribution >= 0.6 is 0 Å². The zero-order chi connectivity index (χ0) is 17.9. The highest BCUT2D eigenvalue weighted by Crippen LogP contribution is 2.27. The van der Waals surface area contributed by atoms with E-state index in [0.717, 1.165) is 22.6 Å². The highest BCUT2D eigenvalue weighted by Gasteiger charge is 2.26. The van der Waals surface area contributed by atoms with Gasteiger partial charge in [-0.3, -0.25) is 4.79 Å². The van der Waals surface area contributed by atoms with Gasteiger partial charge in [0.2, 0.25) is 5.91 Å². The number of rotatable bonds is 4. The summed E-state index contributed by atoms with van der Waals surface area (Å²) in [5.74, 6) is 0.738. The van der Waals surface area contributed by atoms with Gasteiger partial charge in [0.25, 0.3) is 0 Å². The number of amides is 1. The van der Waals surface area contributed by atoms with Gasteiger partial charge in [-0.25, -0.2) is 9.67 Å². The fraction of sp³-hybridized carbons (Fsp3) is 0.250. The van der Waals surface area contributed by atoms with Crippen LogP contribution in [0.25, 0.3) is 5.69 Å². The molecule has 2 aromatic carbocycles. The SMILES string of the molecule is CC(NC(=O)C1COc2ccccc2C1)c1ccc(-n2cncn2)cc1. The average Bonchev–Trinajstić information content (AvgIpc) is 3.22. The van der Waals surface area contributed by atoms with Crippen LogP contribution in [0.3, 0.4) is 0 Å². The van der Waals surface area contributed by atoms with E-state index in [2.05, 4.69) is 15.4 Å². The zero-order valence-corrected chi connectivity index (χ0v) is 14.5. The Kier molecular flexibility index (Phi) is 4.39. The number of hydrogen-bond donors (Lipinski definition) is 1. The number of nitrogens with zero attached hydrogens (tertiary/aromatic N) is 3. The third-order valence-electron chi connectivity index (χ3n) is 4.68. The number of carbonyl (C=O) groups excluding carboxylic acids is 1. The summed E-state index contributed by atoms with van der Waals surface area (Å²) in [7, 11) is 0. The fourth-order valence-electron chi connectivity index (χ4n) is 3.17. The number of carbonyl (C=O) groups is 1. The maximum atomic E-state index is 12.6. The van der Waals surface area contributed by atoms with Crippen molar-refractivity contribution in [2.45, 2.75) is 19.4 Å². The molecule has 6 nitrogen and oxygen atoms in total. The van der Waals surface area contributed by atoms with E-state index in [1.54, 1.807) is 11.0 Å². The number of hydrogen-bond acceptors (Lipinski definition) is 4. The van der Waals surface area contributed by atoms with E-state index in [-0.39, 0.29) is 17.9 Å². The fourth-order valence-corrected chi connectivity index (χ4v) is 3.17. The summed E-state index contributed by atoms with van der Waals surface area (Å²) in [6.07, 6.45) is 3.86. The molecule has 0 spiro atoms. The van der Waals surface area contributed by atoms with Crippen molar-refractivity contribution in [3.05, 3.63) is 72.3 Å². The smallest absolute Gasteiger partial charge is 0.227 e. The van der Waals surface area contributed by atoms with Crippen LogP contribution in [-0.4, -0.2) is 27.3 Å². The van der Waals surface area contributed by atoms with E-state index < -0.39 is 0 Å². The second-order valence-corrected chi connectivity index (χ2v) is 6.48. The van der Waals surface area contributed by atoms with E-state index in [9.17, 15) is 4.79 Å². The third-order valence-corrected chi connectivity index (χ3v) is 4.68. The van der Waals surface area contributed by atoms with E-state index in [4.69, 9.17) is 4.74 Å². The second kappa shape index (κ2) is 7.00. The Morgan fingerprint density at radius 3 is 2.81 bits per heavy atom. The molecule has 0 radical (unpaired) electrons. The molecule has 4 rings (SSSR count).